The van der Waals surface area contributed by atoms with Crippen molar-refractivity contribution in [3.63, 3.8) is 0 Å². The number of halogens is 2. The van der Waals surface area contributed by atoms with E-state index in [1.165, 1.54) is 31.4 Å². The van der Waals surface area contributed by atoms with Crippen LogP contribution in [0.4, 0.5) is 8.78 Å². The van der Waals surface area contributed by atoms with Gasteiger partial charge in [-0.25, -0.2) is 8.78 Å². The lowest BCUT2D eigenvalue weighted by Gasteiger charge is -2.12. The molecule has 0 radical (unpaired) electrons. The van der Waals surface area contributed by atoms with Crippen molar-refractivity contribution in [3.05, 3.63) is 59.4 Å². The zero-order chi connectivity index (χ0) is 13.1. The predicted octanol–water partition coefficient (Wildman–Crippen LogP) is 2.42. The van der Waals surface area contributed by atoms with E-state index in [9.17, 15) is 8.78 Å². The minimum atomic E-state index is -0.606. The number of nitrogens with zero attached hydrogens (tertiary/aromatic N) is 1. The van der Waals surface area contributed by atoms with Crippen molar-refractivity contribution in [2.75, 3.05) is 7.11 Å². The Kier molecular flexibility index (Phi) is 3.53. The Bertz CT molecular complexity index is 543. The van der Waals surface area contributed by atoms with Gasteiger partial charge in [-0.2, -0.15) is 0 Å². The monoisotopic (exact) mass is 250 g/mol. The molecule has 5 heteroatoms. The van der Waals surface area contributed by atoms with Crippen molar-refractivity contribution in [2.24, 2.45) is 5.73 Å². The Morgan fingerprint density at radius 3 is 2.56 bits per heavy atom. The standard InChI is InChI=1S/C13H12F2N2O/c1-18-12-5-2-8(6-10(12)15)13(16)11-4-3-9(14)7-17-11/h2-7,13H,16H2,1H3. The molecular formula is C13H12F2N2O. The van der Waals surface area contributed by atoms with Gasteiger partial charge in [0.1, 0.15) is 5.82 Å². The van der Waals surface area contributed by atoms with E-state index in [-0.39, 0.29) is 5.75 Å². The van der Waals surface area contributed by atoms with Crippen LogP contribution < -0.4 is 10.5 Å². The molecule has 1 heterocycles. The number of hydrogen-bond acceptors (Lipinski definition) is 3. The van der Waals surface area contributed by atoms with Gasteiger partial charge in [0.2, 0.25) is 0 Å². The second-order valence-corrected chi connectivity index (χ2v) is 3.77. The summed E-state index contributed by atoms with van der Waals surface area (Å²) >= 11 is 0. The molecule has 94 valence electrons. The summed E-state index contributed by atoms with van der Waals surface area (Å²) in [6.07, 6.45) is 1.08. The topological polar surface area (TPSA) is 48.1 Å². The predicted molar refractivity (Wildman–Crippen MR) is 63.2 cm³/mol. The number of rotatable bonds is 3. The van der Waals surface area contributed by atoms with E-state index in [0.29, 0.717) is 11.3 Å². The van der Waals surface area contributed by atoms with Gasteiger partial charge < -0.3 is 10.5 Å². The van der Waals surface area contributed by atoms with Gasteiger partial charge in [0.25, 0.3) is 0 Å². The van der Waals surface area contributed by atoms with Crippen LogP contribution in [0, 0.1) is 11.6 Å². The molecule has 1 aromatic heterocycles. The van der Waals surface area contributed by atoms with Crippen LogP contribution in [0.2, 0.25) is 0 Å². The largest absolute Gasteiger partial charge is 0.494 e. The van der Waals surface area contributed by atoms with Gasteiger partial charge in [-0.1, -0.05) is 6.07 Å². The van der Waals surface area contributed by atoms with Gasteiger partial charge in [0.05, 0.1) is 25.0 Å². The van der Waals surface area contributed by atoms with Crippen molar-refractivity contribution >= 4 is 0 Å². The maximum absolute atomic E-state index is 13.5. The molecule has 0 aliphatic rings. The van der Waals surface area contributed by atoms with Crippen LogP contribution >= 0.6 is 0 Å². The van der Waals surface area contributed by atoms with Crippen molar-refractivity contribution in [1.29, 1.82) is 0 Å². The molecule has 1 atom stereocenters. The number of ether oxygens (including phenoxy) is 1. The third-order valence-electron chi connectivity index (χ3n) is 2.60. The fourth-order valence-corrected chi connectivity index (χ4v) is 1.62. The molecule has 0 amide bonds. The molecule has 0 saturated carbocycles. The summed E-state index contributed by atoms with van der Waals surface area (Å²) in [7, 11) is 1.39. The first-order chi connectivity index (χ1) is 8.61. The van der Waals surface area contributed by atoms with Crippen LogP contribution in [-0.4, -0.2) is 12.1 Å². The van der Waals surface area contributed by atoms with Crippen LogP contribution in [0.1, 0.15) is 17.3 Å². The fraction of sp³-hybridized carbons (Fsp3) is 0.154. The lowest BCUT2D eigenvalue weighted by atomic mass is 10.0. The smallest absolute Gasteiger partial charge is 0.165 e. The summed E-state index contributed by atoms with van der Waals surface area (Å²) in [6.45, 7) is 0. The summed E-state index contributed by atoms with van der Waals surface area (Å²) < 4.78 is 31.1. The van der Waals surface area contributed by atoms with Crippen LogP contribution in [0.15, 0.2) is 36.5 Å². The van der Waals surface area contributed by atoms with E-state index in [0.717, 1.165) is 6.20 Å². The lowest BCUT2D eigenvalue weighted by molar-refractivity contribution is 0.386. The van der Waals surface area contributed by atoms with Gasteiger partial charge >= 0.3 is 0 Å². The molecule has 18 heavy (non-hydrogen) atoms. The summed E-state index contributed by atoms with van der Waals surface area (Å²) in [5, 5.41) is 0. The Labute approximate surface area is 103 Å². The fourth-order valence-electron chi connectivity index (χ4n) is 1.62. The number of methoxy groups -OCH3 is 1. The van der Waals surface area contributed by atoms with Gasteiger partial charge in [-0.3, -0.25) is 4.98 Å². The van der Waals surface area contributed by atoms with Gasteiger partial charge in [0.15, 0.2) is 11.6 Å². The van der Waals surface area contributed by atoms with Crippen LogP contribution in [-0.2, 0) is 0 Å². The van der Waals surface area contributed by atoms with Crippen molar-refractivity contribution < 1.29 is 13.5 Å². The van der Waals surface area contributed by atoms with E-state index in [2.05, 4.69) is 4.98 Å². The molecule has 2 rings (SSSR count). The summed E-state index contributed by atoms with van der Waals surface area (Å²) in [6, 6.07) is 6.57. The number of aromatic nitrogens is 1. The van der Waals surface area contributed by atoms with Crippen molar-refractivity contribution in [2.45, 2.75) is 6.04 Å². The number of hydrogen-bond donors (Lipinski definition) is 1. The SMILES string of the molecule is COc1ccc(C(N)c2ccc(F)cn2)cc1F. The molecule has 0 fully saturated rings. The molecule has 0 saturated heterocycles. The highest BCUT2D eigenvalue weighted by molar-refractivity contribution is 5.34. The molecule has 3 nitrogen and oxygen atoms in total. The van der Waals surface area contributed by atoms with Crippen LogP contribution in [0.25, 0.3) is 0 Å². The third kappa shape index (κ3) is 2.46. The second kappa shape index (κ2) is 5.10. The van der Waals surface area contributed by atoms with E-state index in [4.69, 9.17) is 10.5 Å². The molecule has 0 aliphatic heterocycles. The van der Waals surface area contributed by atoms with Crippen molar-refractivity contribution in [1.82, 2.24) is 4.98 Å². The zero-order valence-electron chi connectivity index (χ0n) is 9.73. The van der Waals surface area contributed by atoms with Crippen LogP contribution in [0.3, 0.4) is 0 Å². The molecule has 2 N–H and O–H groups in total. The number of benzene rings is 1. The average molecular weight is 250 g/mol. The minimum absolute atomic E-state index is 0.151. The molecule has 1 aromatic carbocycles. The Hall–Kier alpha value is -2.01. The zero-order valence-corrected chi connectivity index (χ0v) is 9.73. The Morgan fingerprint density at radius 1 is 1.22 bits per heavy atom. The van der Waals surface area contributed by atoms with E-state index >= 15 is 0 Å². The van der Waals surface area contributed by atoms with Crippen molar-refractivity contribution in [3.8, 4) is 5.75 Å². The molecule has 0 spiro atoms. The van der Waals surface area contributed by atoms with Gasteiger partial charge in [-0.05, 0) is 29.8 Å². The lowest BCUT2D eigenvalue weighted by Crippen LogP contribution is -2.13. The first kappa shape index (κ1) is 12.4. The summed E-state index contributed by atoms with van der Waals surface area (Å²) in [5.41, 5.74) is 6.96. The van der Waals surface area contributed by atoms with Crippen LogP contribution in [0.5, 0.6) is 5.75 Å². The quantitative estimate of drug-likeness (QED) is 0.910. The molecule has 0 aliphatic carbocycles. The van der Waals surface area contributed by atoms with Gasteiger partial charge in [0, 0.05) is 0 Å². The Balaban J connectivity index is 2.31. The molecular weight excluding hydrogens is 238 g/mol. The average Bonchev–Trinajstić information content (AvgIpc) is 2.38. The normalized spacial score (nSPS) is 12.2. The number of nitrogens with two attached hydrogens (primary N) is 1. The maximum atomic E-state index is 13.5. The third-order valence-corrected chi connectivity index (χ3v) is 2.60. The van der Waals surface area contributed by atoms with Gasteiger partial charge in [-0.15, -0.1) is 0 Å². The molecule has 2 aromatic rings. The number of pyridine rings is 1. The highest BCUT2D eigenvalue weighted by atomic mass is 19.1. The summed E-state index contributed by atoms with van der Waals surface area (Å²) in [4.78, 5) is 3.87. The second-order valence-electron chi connectivity index (χ2n) is 3.77. The van der Waals surface area contributed by atoms with E-state index in [1.807, 2.05) is 0 Å². The first-order valence-electron chi connectivity index (χ1n) is 5.32. The Morgan fingerprint density at radius 2 is 2.00 bits per heavy atom. The highest BCUT2D eigenvalue weighted by Gasteiger charge is 2.13. The highest BCUT2D eigenvalue weighted by Crippen LogP contribution is 2.23. The minimum Gasteiger partial charge on any atom is -0.494 e. The molecule has 0 bridgehead atoms. The maximum Gasteiger partial charge on any atom is 0.165 e. The van der Waals surface area contributed by atoms with E-state index < -0.39 is 17.7 Å². The molecule has 1 unspecified atom stereocenters. The van der Waals surface area contributed by atoms with E-state index in [1.54, 1.807) is 6.07 Å². The first-order valence-corrected chi connectivity index (χ1v) is 5.32. The summed E-state index contributed by atoms with van der Waals surface area (Å²) in [5.74, 6) is -0.780.